The summed E-state index contributed by atoms with van der Waals surface area (Å²) in [5.41, 5.74) is 1.61. The number of carbonyl (C=O) groups excluding carboxylic acids is 1. The summed E-state index contributed by atoms with van der Waals surface area (Å²) in [6.07, 6.45) is 0. The van der Waals surface area contributed by atoms with Crippen molar-refractivity contribution in [1.82, 2.24) is 10.1 Å². The molecule has 0 spiro atoms. The van der Waals surface area contributed by atoms with Crippen molar-refractivity contribution in [2.24, 2.45) is 0 Å². The monoisotopic (exact) mass is 290 g/mol. The molecule has 0 aliphatic carbocycles. The van der Waals surface area contributed by atoms with Crippen molar-refractivity contribution in [2.75, 3.05) is 13.6 Å². The van der Waals surface area contributed by atoms with Gasteiger partial charge in [0.15, 0.2) is 0 Å². The van der Waals surface area contributed by atoms with E-state index in [1.807, 2.05) is 51.2 Å². The van der Waals surface area contributed by atoms with Gasteiger partial charge in [-0.1, -0.05) is 17.3 Å². The van der Waals surface area contributed by atoms with Gasteiger partial charge in [0.05, 0.1) is 17.0 Å². The van der Waals surface area contributed by atoms with Crippen molar-refractivity contribution in [3.05, 3.63) is 47.3 Å². The molecule has 5 heteroatoms. The maximum Gasteiger partial charge on any atom is 0.254 e. The molecular weight excluding hydrogens is 272 g/mol. The number of nitrogens with zero attached hydrogens (tertiary/aromatic N) is 2. The van der Waals surface area contributed by atoms with Crippen LogP contribution in [0.4, 0.5) is 0 Å². The Balaban J connectivity index is 2.13. The van der Waals surface area contributed by atoms with Crippen LogP contribution in [-0.4, -0.2) is 29.6 Å². The van der Waals surface area contributed by atoms with Crippen molar-refractivity contribution in [3.8, 4) is 0 Å². The number of thioether (sulfide) groups is 1. The fraction of sp³-hybridized carbons (Fsp3) is 0.333. The number of rotatable bonds is 5. The molecule has 106 valence electrons. The first-order chi connectivity index (χ1) is 9.61. The first kappa shape index (κ1) is 14.7. The molecule has 2 aromatic rings. The van der Waals surface area contributed by atoms with Crippen LogP contribution in [0, 0.1) is 6.92 Å². The van der Waals surface area contributed by atoms with Gasteiger partial charge in [-0.15, -0.1) is 11.8 Å². The summed E-state index contributed by atoms with van der Waals surface area (Å²) in [7, 11) is 1.81. The van der Waals surface area contributed by atoms with Crippen LogP contribution in [0.5, 0.6) is 0 Å². The number of amides is 1. The summed E-state index contributed by atoms with van der Waals surface area (Å²) in [5.74, 6) is 1.53. The SMILES string of the molecule is CCN(C)C(=O)c1ccccc1SCc1cc(C)no1. The zero-order valence-corrected chi connectivity index (χ0v) is 12.7. The third-order valence-corrected chi connectivity index (χ3v) is 4.08. The normalized spacial score (nSPS) is 10.6. The third-order valence-electron chi connectivity index (χ3n) is 2.99. The zero-order chi connectivity index (χ0) is 14.5. The van der Waals surface area contributed by atoms with Crippen LogP contribution in [0.2, 0.25) is 0 Å². The second-order valence-corrected chi connectivity index (χ2v) is 5.56. The van der Waals surface area contributed by atoms with Gasteiger partial charge in [-0.2, -0.15) is 0 Å². The Morgan fingerprint density at radius 1 is 1.40 bits per heavy atom. The van der Waals surface area contributed by atoms with Gasteiger partial charge in [-0.3, -0.25) is 4.79 Å². The number of aryl methyl sites for hydroxylation is 1. The Morgan fingerprint density at radius 3 is 2.80 bits per heavy atom. The molecule has 1 heterocycles. The Morgan fingerprint density at radius 2 is 2.15 bits per heavy atom. The number of hydrogen-bond acceptors (Lipinski definition) is 4. The quantitative estimate of drug-likeness (QED) is 0.792. The van der Waals surface area contributed by atoms with E-state index in [0.29, 0.717) is 12.3 Å². The van der Waals surface area contributed by atoms with Gasteiger partial charge in [0.1, 0.15) is 5.76 Å². The Hall–Kier alpha value is -1.75. The molecule has 20 heavy (non-hydrogen) atoms. The average molecular weight is 290 g/mol. The molecule has 0 bridgehead atoms. The van der Waals surface area contributed by atoms with E-state index in [1.54, 1.807) is 16.7 Å². The second kappa shape index (κ2) is 6.61. The van der Waals surface area contributed by atoms with Crippen molar-refractivity contribution in [1.29, 1.82) is 0 Å². The molecule has 2 rings (SSSR count). The molecule has 0 saturated carbocycles. The highest BCUT2D eigenvalue weighted by Gasteiger charge is 2.15. The molecule has 0 aliphatic rings. The van der Waals surface area contributed by atoms with E-state index in [-0.39, 0.29) is 5.91 Å². The van der Waals surface area contributed by atoms with E-state index in [0.717, 1.165) is 21.9 Å². The summed E-state index contributed by atoms with van der Waals surface area (Å²) < 4.78 is 5.19. The lowest BCUT2D eigenvalue weighted by Crippen LogP contribution is -2.26. The molecule has 0 unspecified atom stereocenters. The minimum absolute atomic E-state index is 0.0457. The zero-order valence-electron chi connectivity index (χ0n) is 11.9. The standard InChI is InChI=1S/C15H18N2O2S/c1-4-17(3)15(18)13-7-5-6-8-14(13)20-10-12-9-11(2)16-19-12/h5-9H,4,10H2,1-3H3. The van der Waals surface area contributed by atoms with Crippen molar-refractivity contribution in [3.63, 3.8) is 0 Å². The molecule has 0 radical (unpaired) electrons. The molecule has 0 aliphatic heterocycles. The summed E-state index contributed by atoms with van der Waals surface area (Å²) >= 11 is 1.59. The van der Waals surface area contributed by atoms with Gasteiger partial charge < -0.3 is 9.42 Å². The summed E-state index contributed by atoms with van der Waals surface area (Å²) in [5, 5.41) is 3.86. The van der Waals surface area contributed by atoms with Gasteiger partial charge in [-0.05, 0) is 26.0 Å². The Kier molecular flexibility index (Phi) is 4.84. The van der Waals surface area contributed by atoms with Crippen LogP contribution >= 0.6 is 11.8 Å². The Bertz CT molecular complexity index is 595. The number of carbonyl (C=O) groups is 1. The first-order valence-corrected chi connectivity index (χ1v) is 7.50. The maximum absolute atomic E-state index is 12.3. The fourth-order valence-corrected chi connectivity index (χ4v) is 2.67. The average Bonchev–Trinajstić information content (AvgIpc) is 2.89. The number of benzene rings is 1. The van der Waals surface area contributed by atoms with Gasteiger partial charge in [0.2, 0.25) is 0 Å². The van der Waals surface area contributed by atoms with E-state index < -0.39 is 0 Å². The fourth-order valence-electron chi connectivity index (χ4n) is 1.75. The highest BCUT2D eigenvalue weighted by molar-refractivity contribution is 7.98. The largest absolute Gasteiger partial charge is 0.360 e. The highest BCUT2D eigenvalue weighted by atomic mass is 32.2. The minimum Gasteiger partial charge on any atom is -0.360 e. The molecule has 0 atom stereocenters. The molecule has 0 fully saturated rings. The second-order valence-electron chi connectivity index (χ2n) is 4.54. The van der Waals surface area contributed by atoms with E-state index in [1.165, 1.54) is 0 Å². The van der Waals surface area contributed by atoms with Crippen LogP contribution in [-0.2, 0) is 5.75 Å². The molecule has 4 nitrogen and oxygen atoms in total. The number of hydrogen-bond donors (Lipinski definition) is 0. The molecule has 1 aromatic carbocycles. The van der Waals surface area contributed by atoms with E-state index >= 15 is 0 Å². The summed E-state index contributed by atoms with van der Waals surface area (Å²) in [6, 6.07) is 9.57. The van der Waals surface area contributed by atoms with Crippen molar-refractivity contribution < 1.29 is 9.32 Å². The van der Waals surface area contributed by atoms with Gasteiger partial charge in [-0.25, -0.2) is 0 Å². The lowest BCUT2D eigenvalue weighted by Gasteiger charge is -2.16. The molecule has 0 saturated heterocycles. The van der Waals surface area contributed by atoms with Crippen molar-refractivity contribution in [2.45, 2.75) is 24.5 Å². The van der Waals surface area contributed by atoms with Gasteiger partial charge >= 0.3 is 0 Å². The predicted octanol–water partition coefficient (Wildman–Crippen LogP) is 3.37. The predicted molar refractivity (Wildman–Crippen MR) is 79.9 cm³/mol. The Labute approximate surface area is 123 Å². The van der Waals surface area contributed by atoms with Gasteiger partial charge in [0.25, 0.3) is 5.91 Å². The summed E-state index contributed by atoms with van der Waals surface area (Å²) in [4.78, 5) is 15.0. The van der Waals surface area contributed by atoms with E-state index in [2.05, 4.69) is 5.16 Å². The molecular formula is C15H18N2O2S. The van der Waals surface area contributed by atoms with Crippen molar-refractivity contribution >= 4 is 17.7 Å². The van der Waals surface area contributed by atoms with Crippen LogP contribution in [0.15, 0.2) is 39.8 Å². The van der Waals surface area contributed by atoms with Crippen LogP contribution in [0.25, 0.3) is 0 Å². The van der Waals surface area contributed by atoms with Gasteiger partial charge in [0, 0.05) is 24.6 Å². The molecule has 1 amide bonds. The van der Waals surface area contributed by atoms with Crippen LogP contribution in [0.1, 0.15) is 28.7 Å². The van der Waals surface area contributed by atoms with E-state index in [4.69, 9.17) is 4.52 Å². The summed E-state index contributed by atoms with van der Waals surface area (Å²) in [6.45, 7) is 4.55. The molecule has 0 N–H and O–H groups in total. The minimum atomic E-state index is 0.0457. The van der Waals surface area contributed by atoms with Crippen LogP contribution in [0.3, 0.4) is 0 Å². The first-order valence-electron chi connectivity index (χ1n) is 6.51. The number of aromatic nitrogens is 1. The third kappa shape index (κ3) is 3.42. The van der Waals surface area contributed by atoms with Crippen LogP contribution < -0.4 is 0 Å². The topological polar surface area (TPSA) is 46.3 Å². The lowest BCUT2D eigenvalue weighted by molar-refractivity contribution is 0.0799. The highest BCUT2D eigenvalue weighted by Crippen LogP contribution is 2.27. The smallest absolute Gasteiger partial charge is 0.254 e. The maximum atomic E-state index is 12.3. The molecule has 1 aromatic heterocycles. The lowest BCUT2D eigenvalue weighted by atomic mass is 10.2. The van der Waals surface area contributed by atoms with E-state index in [9.17, 15) is 4.79 Å².